The molecular weight excluding hydrogens is 400 g/mol. The van der Waals surface area contributed by atoms with Crippen molar-refractivity contribution in [2.75, 3.05) is 20.2 Å². The summed E-state index contributed by atoms with van der Waals surface area (Å²) in [7, 11) is -1.84. The van der Waals surface area contributed by atoms with E-state index >= 15 is 0 Å². The largest absolute Gasteiger partial charge is 0.497 e. The number of nitrogens with zero attached hydrogens (tertiary/aromatic N) is 2. The molecule has 0 aliphatic carbocycles. The quantitative estimate of drug-likeness (QED) is 0.553. The second-order valence-corrected chi connectivity index (χ2v) is 9.37. The lowest BCUT2D eigenvalue weighted by Crippen LogP contribution is -2.38. The van der Waals surface area contributed by atoms with Gasteiger partial charge in [-0.3, -0.25) is 0 Å². The summed E-state index contributed by atoms with van der Waals surface area (Å²) in [4.78, 5) is 5.83. The highest BCUT2D eigenvalue weighted by molar-refractivity contribution is 7.89. The van der Waals surface area contributed by atoms with Crippen LogP contribution in [0, 0.1) is 0 Å². The van der Waals surface area contributed by atoms with Gasteiger partial charge in [0, 0.05) is 25.9 Å². The first-order chi connectivity index (χ1) is 14.5. The van der Waals surface area contributed by atoms with E-state index in [-0.39, 0.29) is 0 Å². The zero-order valence-corrected chi connectivity index (χ0v) is 18.5. The molecule has 0 N–H and O–H groups in total. The fraction of sp³-hybridized carbons (Fsp3) is 0.435. The summed E-state index contributed by atoms with van der Waals surface area (Å²) >= 11 is 0. The van der Waals surface area contributed by atoms with E-state index in [1.165, 1.54) is 9.87 Å². The van der Waals surface area contributed by atoms with Crippen LogP contribution in [0.25, 0.3) is 0 Å². The normalized spacial score (nSPS) is 15.1. The number of benzene rings is 2. The Hall–Kier alpha value is -2.38. The fourth-order valence-corrected chi connectivity index (χ4v) is 4.84. The van der Waals surface area contributed by atoms with E-state index in [0.717, 1.165) is 36.3 Å². The second-order valence-electron chi connectivity index (χ2n) is 7.43. The van der Waals surface area contributed by atoms with Crippen molar-refractivity contribution in [3.05, 3.63) is 59.7 Å². The Morgan fingerprint density at radius 1 is 1.03 bits per heavy atom. The number of aryl methyl sites for hydroxylation is 1. The average Bonchev–Trinajstić information content (AvgIpc) is 2.78. The molecule has 1 saturated heterocycles. The summed E-state index contributed by atoms with van der Waals surface area (Å²) < 4.78 is 32.6. The zero-order valence-electron chi connectivity index (χ0n) is 17.7. The van der Waals surface area contributed by atoms with Crippen LogP contribution in [0.1, 0.15) is 43.7 Å². The van der Waals surface area contributed by atoms with Gasteiger partial charge in [-0.2, -0.15) is 4.31 Å². The molecule has 0 bridgehead atoms. The highest BCUT2D eigenvalue weighted by Gasteiger charge is 2.28. The first-order valence-electron chi connectivity index (χ1n) is 10.4. The molecule has 0 spiro atoms. The van der Waals surface area contributed by atoms with E-state index in [1.54, 1.807) is 19.2 Å². The van der Waals surface area contributed by atoms with Crippen LogP contribution in [0.2, 0.25) is 0 Å². The Balaban J connectivity index is 1.53. The number of oxime groups is 1. The summed E-state index contributed by atoms with van der Waals surface area (Å²) in [6, 6.07) is 14.9. The van der Waals surface area contributed by atoms with Crippen molar-refractivity contribution in [2.24, 2.45) is 5.16 Å². The van der Waals surface area contributed by atoms with Crippen molar-refractivity contribution in [1.82, 2.24) is 4.31 Å². The topological polar surface area (TPSA) is 68.2 Å². The van der Waals surface area contributed by atoms with Crippen molar-refractivity contribution in [2.45, 2.75) is 50.5 Å². The number of piperidine rings is 1. The molecule has 30 heavy (non-hydrogen) atoms. The van der Waals surface area contributed by atoms with Crippen LogP contribution in [0.4, 0.5) is 0 Å². The molecule has 2 aromatic rings. The van der Waals surface area contributed by atoms with E-state index < -0.39 is 10.0 Å². The van der Waals surface area contributed by atoms with Crippen molar-refractivity contribution in [3.63, 3.8) is 0 Å². The lowest BCUT2D eigenvalue weighted by Gasteiger charge is -2.26. The molecule has 1 heterocycles. The van der Waals surface area contributed by atoms with Crippen LogP contribution in [0.3, 0.4) is 0 Å². The van der Waals surface area contributed by atoms with Crippen molar-refractivity contribution >= 4 is 15.7 Å². The Labute approximate surface area is 179 Å². The monoisotopic (exact) mass is 430 g/mol. The van der Waals surface area contributed by atoms with E-state index in [1.807, 2.05) is 36.4 Å². The molecule has 0 radical (unpaired) electrons. The first-order valence-corrected chi connectivity index (χ1v) is 11.9. The van der Waals surface area contributed by atoms with Gasteiger partial charge in [0.05, 0.1) is 17.7 Å². The summed E-state index contributed by atoms with van der Waals surface area (Å²) in [5.74, 6) is 0.778. The summed E-state index contributed by atoms with van der Waals surface area (Å²) in [6.45, 7) is 3.34. The van der Waals surface area contributed by atoms with E-state index in [0.29, 0.717) is 37.4 Å². The zero-order chi connectivity index (χ0) is 21.4. The highest BCUT2D eigenvalue weighted by Crippen LogP contribution is 2.21. The van der Waals surface area contributed by atoms with Gasteiger partial charge in [-0.15, -0.1) is 0 Å². The van der Waals surface area contributed by atoms with Crippen molar-refractivity contribution < 1.29 is 18.0 Å². The van der Waals surface area contributed by atoms with Gasteiger partial charge >= 0.3 is 0 Å². The van der Waals surface area contributed by atoms with Crippen LogP contribution >= 0.6 is 0 Å². The van der Waals surface area contributed by atoms with Gasteiger partial charge in [0.15, 0.2) is 0 Å². The molecule has 162 valence electrons. The fourth-order valence-electron chi connectivity index (χ4n) is 3.39. The lowest BCUT2D eigenvalue weighted by molar-refractivity contribution is 0.128. The highest BCUT2D eigenvalue weighted by atomic mass is 32.2. The summed E-state index contributed by atoms with van der Waals surface area (Å²) in [5.41, 5.74) is 3.04. The molecule has 0 unspecified atom stereocenters. The smallest absolute Gasteiger partial charge is 0.243 e. The molecule has 7 heteroatoms. The minimum absolute atomic E-state index is 0.354. The molecular formula is C23H30N2O4S. The van der Waals surface area contributed by atoms with Crippen LogP contribution in [0.15, 0.2) is 58.6 Å². The van der Waals surface area contributed by atoms with Gasteiger partial charge in [-0.25, -0.2) is 8.42 Å². The molecule has 2 aromatic carbocycles. The van der Waals surface area contributed by atoms with Gasteiger partial charge in [-0.05, 0) is 48.2 Å². The minimum atomic E-state index is -3.47. The van der Waals surface area contributed by atoms with Crippen LogP contribution in [0.5, 0.6) is 5.75 Å². The van der Waals surface area contributed by atoms with Crippen LogP contribution in [-0.2, 0) is 27.9 Å². The van der Waals surface area contributed by atoms with E-state index in [9.17, 15) is 8.42 Å². The number of hydrogen-bond acceptors (Lipinski definition) is 5. The standard InChI is InChI=1S/C23H30N2O4S/c1-3-4-6-19-9-11-23(12-10-19)30(26,27)25-15-13-21(14-16-25)24-29-18-20-7-5-8-22(17-20)28-2/h5,7-12,17H,3-4,6,13-16,18H2,1-2H3. The Morgan fingerprint density at radius 2 is 1.77 bits per heavy atom. The van der Waals surface area contributed by atoms with Gasteiger partial charge in [0.2, 0.25) is 10.0 Å². The third-order valence-electron chi connectivity index (χ3n) is 5.24. The minimum Gasteiger partial charge on any atom is -0.497 e. The maximum atomic E-state index is 12.9. The maximum Gasteiger partial charge on any atom is 0.243 e. The molecule has 6 nitrogen and oxygen atoms in total. The van der Waals surface area contributed by atoms with Gasteiger partial charge in [0.1, 0.15) is 12.4 Å². The SMILES string of the molecule is CCCCc1ccc(S(=O)(=O)N2CCC(=NOCc3cccc(OC)c3)CC2)cc1. The second kappa shape index (κ2) is 10.6. The number of ether oxygens (including phenoxy) is 1. The maximum absolute atomic E-state index is 12.9. The molecule has 0 atom stereocenters. The van der Waals surface area contributed by atoms with Gasteiger partial charge in [-0.1, -0.05) is 42.8 Å². The predicted molar refractivity (Wildman–Crippen MR) is 118 cm³/mol. The Morgan fingerprint density at radius 3 is 2.43 bits per heavy atom. The molecule has 1 aliphatic rings. The summed E-state index contributed by atoms with van der Waals surface area (Å²) in [5, 5.41) is 4.22. The number of hydrogen-bond donors (Lipinski definition) is 0. The van der Waals surface area contributed by atoms with E-state index in [2.05, 4.69) is 12.1 Å². The van der Waals surface area contributed by atoms with Crippen molar-refractivity contribution in [1.29, 1.82) is 0 Å². The first kappa shape index (κ1) is 22.3. The van der Waals surface area contributed by atoms with Crippen molar-refractivity contribution in [3.8, 4) is 5.75 Å². The van der Waals surface area contributed by atoms with Gasteiger partial charge in [0.25, 0.3) is 0 Å². The Kier molecular flexibility index (Phi) is 7.87. The molecule has 0 aromatic heterocycles. The van der Waals surface area contributed by atoms with Gasteiger partial charge < -0.3 is 9.57 Å². The lowest BCUT2D eigenvalue weighted by atomic mass is 10.1. The summed E-state index contributed by atoms with van der Waals surface area (Å²) in [6.07, 6.45) is 4.37. The average molecular weight is 431 g/mol. The number of sulfonamides is 1. The molecule has 3 rings (SSSR count). The van der Waals surface area contributed by atoms with E-state index in [4.69, 9.17) is 9.57 Å². The molecule has 1 fully saturated rings. The van der Waals surface area contributed by atoms with Crippen LogP contribution < -0.4 is 4.74 Å². The van der Waals surface area contributed by atoms with Crippen LogP contribution in [-0.4, -0.2) is 38.6 Å². The molecule has 0 amide bonds. The molecule has 0 saturated carbocycles. The third-order valence-corrected chi connectivity index (χ3v) is 7.15. The Bertz CT molecular complexity index is 945. The number of unbranched alkanes of at least 4 members (excludes halogenated alkanes) is 1. The number of methoxy groups -OCH3 is 1. The number of rotatable bonds is 9. The predicted octanol–water partition coefficient (Wildman–Crippen LogP) is 4.40. The third kappa shape index (κ3) is 5.83. The molecule has 1 aliphatic heterocycles.